The highest BCUT2D eigenvalue weighted by molar-refractivity contribution is 14.1. The molecule has 1 aromatic heterocycles. The molecule has 0 amide bonds. The third-order valence-corrected chi connectivity index (χ3v) is 2.47. The first-order valence-corrected chi connectivity index (χ1v) is 5.08. The second kappa shape index (κ2) is 3.91. The van der Waals surface area contributed by atoms with Crippen LogP contribution in [0.25, 0.3) is 11.4 Å². The SMILES string of the molecule is Cn1nnnc1-c1cccc(NI)c1. The molecule has 1 aromatic carbocycles. The van der Waals surface area contributed by atoms with E-state index in [0.29, 0.717) is 0 Å². The molecule has 0 saturated carbocycles. The highest BCUT2D eigenvalue weighted by atomic mass is 127. The lowest BCUT2D eigenvalue weighted by molar-refractivity contribution is 0.715. The van der Waals surface area contributed by atoms with E-state index in [0.717, 1.165) is 17.1 Å². The molecular formula is C8H8IN5. The Morgan fingerprint density at radius 3 is 2.93 bits per heavy atom. The monoisotopic (exact) mass is 301 g/mol. The minimum absolute atomic E-state index is 0.763. The van der Waals surface area contributed by atoms with Crippen molar-refractivity contribution in [2.24, 2.45) is 7.05 Å². The normalized spacial score (nSPS) is 10.1. The lowest BCUT2D eigenvalue weighted by Crippen LogP contribution is -1.94. The summed E-state index contributed by atoms with van der Waals surface area (Å²) in [5.74, 6) is 0.763. The molecule has 2 aromatic rings. The van der Waals surface area contributed by atoms with Crippen molar-refractivity contribution in [2.45, 2.75) is 0 Å². The van der Waals surface area contributed by atoms with Gasteiger partial charge in [0.25, 0.3) is 0 Å². The van der Waals surface area contributed by atoms with Crippen LogP contribution in [0.4, 0.5) is 5.69 Å². The maximum Gasteiger partial charge on any atom is 0.181 e. The molecule has 6 heteroatoms. The molecule has 0 fully saturated rings. The molecule has 0 atom stereocenters. The topological polar surface area (TPSA) is 55.6 Å². The number of tetrazole rings is 1. The van der Waals surface area contributed by atoms with Gasteiger partial charge in [-0.3, -0.25) is 0 Å². The number of nitrogens with zero attached hydrogens (tertiary/aromatic N) is 4. The number of halogens is 1. The van der Waals surface area contributed by atoms with Gasteiger partial charge in [-0.25, -0.2) is 4.68 Å². The summed E-state index contributed by atoms with van der Waals surface area (Å²) >= 11 is 2.09. The molecule has 2 rings (SSSR count). The van der Waals surface area contributed by atoms with E-state index in [2.05, 4.69) is 41.9 Å². The second-order valence-corrected chi connectivity index (χ2v) is 3.34. The van der Waals surface area contributed by atoms with Crippen molar-refractivity contribution in [3.05, 3.63) is 24.3 Å². The van der Waals surface area contributed by atoms with Crippen LogP contribution >= 0.6 is 22.9 Å². The molecule has 0 radical (unpaired) electrons. The number of anilines is 1. The number of nitrogens with one attached hydrogen (secondary N) is 1. The molecule has 0 unspecified atom stereocenters. The zero-order valence-corrected chi connectivity index (χ0v) is 9.63. The van der Waals surface area contributed by atoms with Crippen LogP contribution in [0.1, 0.15) is 0 Å². The highest BCUT2D eigenvalue weighted by Gasteiger charge is 2.05. The third-order valence-electron chi connectivity index (χ3n) is 1.85. The molecule has 0 aliphatic heterocycles. The lowest BCUT2D eigenvalue weighted by Gasteiger charge is -2.01. The maximum absolute atomic E-state index is 3.93. The average molecular weight is 301 g/mol. The van der Waals surface area contributed by atoms with Crippen LogP contribution in [0.15, 0.2) is 24.3 Å². The summed E-state index contributed by atoms with van der Waals surface area (Å²) in [5.41, 5.74) is 2.03. The fraction of sp³-hybridized carbons (Fsp3) is 0.125. The summed E-state index contributed by atoms with van der Waals surface area (Å²) in [6.45, 7) is 0. The van der Waals surface area contributed by atoms with Crippen LogP contribution < -0.4 is 3.53 Å². The van der Waals surface area contributed by atoms with Gasteiger partial charge in [-0.2, -0.15) is 0 Å². The predicted octanol–water partition coefficient (Wildman–Crippen LogP) is 1.64. The number of aryl methyl sites for hydroxylation is 1. The minimum atomic E-state index is 0.763. The van der Waals surface area contributed by atoms with Crippen LogP contribution in [-0.4, -0.2) is 20.2 Å². The zero-order chi connectivity index (χ0) is 9.97. The molecule has 0 spiro atoms. The van der Waals surface area contributed by atoms with Crippen LogP contribution in [0.3, 0.4) is 0 Å². The zero-order valence-electron chi connectivity index (χ0n) is 7.48. The molecular weight excluding hydrogens is 293 g/mol. The van der Waals surface area contributed by atoms with Crippen LogP contribution in [-0.2, 0) is 7.05 Å². The van der Waals surface area contributed by atoms with Crippen molar-refractivity contribution >= 4 is 28.6 Å². The van der Waals surface area contributed by atoms with Crippen LogP contribution in [0, 0.1) is 0 Å². The number of hydrogen-bond acceptors (Lipinski definition) is 4. The molecule has 0 aliphatic rings. The molecule has 72 valence electrons. The van der Waals surface area contributed by atoms with E-state index in [1.54, 1.807) is 4.68 Å². The van der Waals surface area contributed by atoms with Gasteiger partial charge in [-0.15, -0.1) is 5.10 Å². The fourth-order valence-electron chi connectivity index (χ4n) is 1.19. The van der Waals surface area contributed by atoms with Gasteiger partial charge in [0.2, 0.25) is 0 Å². The second-order valence-electron chi connectivity index (χ2n) is 2.80. The number of aromatic nitrogens is 4. The maximum atomic E-state index is 3.93. The van der Waals surface area contributed by atoms with Gasteiger partial charge in [0.1, 0.15) is 0 Å². The Morgan fingerprint density at radius 2 is 2.29 bits per heavy atom. The Morgan fingerprint density at radius 1 is 1.43 bits per heavy atom. The van der Waals surface area contributed by atoms with Gasteiger partial charge >= 0.3 is 0 Å². The van der Waals surface area contributed by atoms with Crippen molar-refractivity contribution in [2.75, 3.05) is 3.53 Å². The summed E-state index contributed by atoms with van der Waals surface area (Å²) < 4.78 is 4.69. The summed E-state index contributed by atoms with van der Waals surface area (Å²) in [7, 11) is 1.82. The van der Waals surface area contributed by atoms with Gasteiger partial charge in [0.15, 0.2) is 5.82 Å². The molecule has 1 heterocycles. The molecule has 5 nitrogen and oxygen atoms in total. The Labute approximate surface area is 95.0 Å². The van der Waals surface area contributed by atoms with Gasteiger partial charge in [-0.05, 0) is 22.6 Å². The fourth-order valence-corrected chi connectivity index (χ4v) is 1.53. The van der Waals surface area contributed by atoms with E-state index in [1.807, 2.05) is 31.3 Å². The smallest absolute Gasteiger partial charge is 0.181 e. The highest BCUT2D eigenvalue weighted by Crippen LogP contribution is 2.19. The quantitative estimate of drug-likeness (QED) is 0.677. The standard InChI is InChI=1S/C8H8IN5/c1-14-8(11-12-13-14)6-3-2-4-7(5-6)10-9/h2-5,10H,1H3. The first kappa shape index (κ1) is 9.38. The van der Waals surface area contributed by atoms with E-state index in [1.165, 1.54) is 0 Å². The number of rotatable bonds is 2. The summed E-state index contributed by atoms with van der Waals surface area (Å²) in [5, 5.41) is 11.3. The lowest BCUT2D eigenvalue weighted by atomic mass is 10.2. The predicted molar refractivity (Wildman–Crippen MR) is 61.9 cm³/mol. The van der Waals surface area contributed by atoms with Crippen molar-refractivity contribution < 1.29 is 0 Å². The molecule has 0 bridgehead atoms. The van der Waals surface area contributed by atoms with E-state index >= 15 is 0 Å². The van der Waals surface area contributed by atoms with Crippen molar-refractivity contribution in [1.82, 2.24) is 20.2 Å². The minimum Gasteiger partial charge on any atom is -0.328 e. The summed E-state index contributed by atoms with van der Waals surface area (Å²) in [4.78, 5) is 0. The Bertz CT molecular complexity index is 439. The Balaban J connectivity index is 2.47. The van der Waals surface area contributed by atoms with Crippen molar-refractivity contribution in [1.29, 1.82) is 0 Å². The molecule has 0 saturated heterocycles. The van der Waals surface area contributed by atoms with Crippen LogP contribution in [0.5, 0.6) is 0 Å². The van der Waals surface area contributed by atoms with Crippen LogP contribution in [0.2, 0.25) is 0 Å². The number of hydrogen-bond donors (Lipinski definition) is 1. The first-order chi connectivity index (χ1) is 6.81. The summed E-state index contributed by atoms with van der Waals surface area (Å²) in [6.07, 6.45) is 0. The van der Waals surface area contributed by atoms with E-state index in [-0.39, 0.29) is 0 Å². The first-order valence-electron chi connectivity index (χ1n) is 4.00. The van der Waals surface area contributed by atoms with E-state index < -0.39 is 0 Å². The van der Waals surface area contributed by atoms with E-state index in [4.69, 9.17) is 0 Å². The van der Waals surface area contributed by atoms with Gasteiger partial charge < -0.3 is 3.53 Å². The van der Waals surface area contributed by atoms with Crippen molar-refractivity contribution in [3.63, 3.8) is 0 Å². The number of benzene rings is 1. The van der Waals surface area contributed by atoms with Gasteiger partial charge in [-0.1, -0.05) is 12.1 Å². The molecule has 1 N–H and O–H groups in total. The Kier molecular flexibility index (Phi) is 2.62. The molecule has 0 aliphatic carbocycles. The van der Waals surface area contributed by atoms with Gasteiger partial charge in [0, 0.05) is 18.3 Å². The third kappa shape index (κ3) is 1.69. The van der Waals surface area contributed by atoms with E-state index in [9.17, 15) is 0 Å². The Hall–Kier alpha value is -1.18. The molecule has 14 heavy (non-hydrogen) atoms. The summed E-state index contributed by atoms with van der Waals surface area (Å²) in [6, 6.07) is 7.92. The van der Waals surface area contributed by atoms with Gasteiger partial charge in [0.05, 0.1) is 22.9 Å². The van der Waals surface area contributed by atoms with Crippen molar-refractivity contribution in [3.8, 4) is 11.4 Å². The largest absolute Gasteiger partial charge is 0.328 e. The average Bonchev–Trinajstić information content (AvgIpc) is 2.65.